The molecule has 2 aromatic rings. The first-order valence-corrected chi connectivity index (χ1v) is 6.04. The van der Waals surface area contributed by atoms with E-state index in [4.69, 9.17) is 4.84 Å². The molecule has 92 valence electrons. The van der Waals surface area contributed by atoms with Gasteiger partial charge in [-0.25, -0.2) is 0 Å². The Balaban J connectivity index is 2.00. The minimum Gasteiger partial charge on any atom is -0.391 e. The van der Waals surface area contributed by atoms with Crippen LogP contribution in [-0.2, 0) is 11.4 Å². The second-order valence-electron chi connectivity index (χ2n) is 4.25. The first kappa shape index (κ1) is 12.4. The predicted octanol–water partition coefficient (Wildman–Crippen LogP) is 3.94. The van der Waals surface area contributed by atoms with Crippen molar-refractivity contribution in [3.63, 3.8) is 0 Å². The van der Waals surface area contributed by atoms with E-state index in [-0.39, 0.29) is 0 Å². The maximum absolute atomic E-state index is 5.38. The smallest absolute Gasteiger partial charge is 0.142 e. The normalized spacial score (nSPS) is 11.3. The summed E-state index contributed by atoms with van der Waals surface area (Å²) in [5, 5.41) is 4.17. The van der Waals surface area contributed by atoms with Gasteiger partial charge in [0.25, 0.3) is 0 Å². The van der Waals surface area contributed by atoms with Gasteiger partial charge < -0.3 is 4.84 Å². The second-order valence-corrected chi connectivity index (χ2v) is 4.25. The van der Waals surface area contributed by atoms with Crippen LogP contribution in [0.5, 0.6) is 0 Å². The molecule has 0 spiro atoms. The average molecular weight is 239 g/mol. The molecule has 0 radical (unpaired) electrons. The van der Waals surface area contributed by atoms with E-state index in [0.717, 1.165) is 16.8 Å². The maximum Gasteiger partial charge on any atom is 0.142 e. The van der Waals surface area contributed by atoms with Gasteiger partial charge in [0.2, 0.25) is 0 Å². The fraction of sp³-hybridized carbons (Fsp3) is 0.188. The molecule has 0 atom stereocenters. The van der Waals surface area contributed by atoms with E-state index in [2.05, 4.69) is 24.2 Å². The fourth-order valence-electron chi connectivity index (χ4n) is 1.81. The summed E-state index contributed by atoms with van der Waals surface area (Å²) in [6.45, 7) is 4.54. The SMILES string of the molecule is C/C(=N\OCc1ccccc1)c1ccccc1C. The summed E-state index contributed by atoms with van der Waals surface area (Å²) in [6.07, 6.45) is 0. The zero-order valence-electron chi connectivity index (χ0n) is 10.8. The lowest BCUT2D eigenvalue weighted by Crippen LogP contribution is -1.99. The lowest BCUT2D eigenvalue weighted by Gasteiger charge is -2.05. The van der Waals surface area contributed by atoms with Crippen LogP contribution in [0.15, 0.2) is 59.8 Å². The number of hydrogen-bond acceptors (Lipinski definition) is 2. The van der Waals surface area contributed by atoms with Crippen LogP contribution in [0.3, 0.4) is 0 Å². The van der Waals surface area contributed by atoms with Gasteiger partial charge in [0.1, 0.15) is 6.61 Å². The molecule has 2 nitrogen and oxygen atoms in total. The summed E-state index contributed by atoms with van der Waals surface area (Å²) in [6, 6.07) is 18.2. The third kappa shape index (κ3) is 3.20. The third-order valence-corrected chi connectivity index (χ3v) is 2.81. The Morgan fingerprint density at radius 2 is 1.67 bits per heavy atom. The van der Waals surface area contributed by atoms with Crippen LogP contribution in [0.25, 0.3) is 0 Å². The molecule has 0 aliphatic carbocycles. The van der Waals surface area contributed by atoms with E-state index in [0.29, 0.717) is 6.61 Å². The van der Waals surface area contributed by atoms with Crippen molar-refractivity contribution < 1.29 is 4.84 Å². The minimum atomic E-state index is 0.504. The van der Waals surface area contributed by atoms with E-state index in [9.17, 15) is 0 Å². The molecule has 0 aromatic heterocycles. The van der Waals surface area contributed by atoms with Crippen molar-refractivity contribution in [3.05, 3.63) is 71.3 Å². The van der Waals surface area contributed by atoms with Crippen molar-refractivity contribution in [1.82, 2.24) is 0 Å². The van der Waals surface area contributed by atoms with Gasteiger partial charge in [-0.3, -0.25) is 0 Å². The first-order valence-electron chi connectivity index (χ1n) is 6.04. The summed E-state index contributed by atoms with van der Waals surface area (Å²) in [7, 11) is 0. The standard InChI is InChI=1S/C16H17NO/c1-13-8-6-7-11-16(13)14(2)17-18-12-15-9-4-3-5-10-15/h3-11H,12H2,1-2H3/b17-14+. The molecular weight excluding hydrogens is 222 g/mol. The molecule has 0 aliphatic rings. The molecule has 2 rings (SSSR count). The fourth-order valence-corrected chi connectivity index (χ4v) is 1.81. The molecule has 0 N–H and O–H groups in total. The largest absolute Gasteiger partial charge is 0.391 e. The van der Waals surface area contributed by atoms with Crippen molar-refractivity contribution in [3.8, 4) is 0 Å². The lowest BCUT2D eigenvalue weighted by atomic mass is 10.1. The molecule has 0 heterocycles. The molecule has 0 fully saturated rings. The maximum atomic E-state index is 5.38. The van der Waals surface area contributed by atoms with Gasteiger partial charge in [0.05, 0.1) is 5.71 Å². The molecule has 0 aliphatic heterocycles. The van der Waals surface area contributed by atoms with E-state index < -0.39 is 0 Å². The highest BCUT2D eigenvalue weighted by atomic mass is 16.6. The van der Waals surface area contributed by atoms with Crippen LogP contribution in [0.2, 0.25) is 0 Å². The highest BCUT2D eigenvalue weighted by Crippen LogP contribution is 2.09. The van der Waals surface area contributed by atoms with Gasteiger partial charge in [-0.1, -0.05) is 59.8 Å². The number of oxime groups is 1. The molecule has 0 amide bonds. The highest BCUT2D eigenvalue weighted by Gasteiger charge is 2.01. The van der Waals surface area contributed by atoms with Crippen molar-refractivity contribution in [2.75, 3.05) is 0 Å². The predicted molar refractivity (Wildman–Crippen MR) is 74.6 cm³/mol. The van der Waals surface area contributed by atoms with Gasteiger partial charge in [-0.05, 0) is 25.0 Å². The zero-order chi connectivity index (χ0) is 12.8. The molecule has 2 heteroatoms. The van der Waals surface area contributed by atoms with Gasteiger partial charge in [0, 0.05) is 5.56 Å². The average Bonchev–Trinajstić information content (AvgIpc) is 2.40. The molecule has 0 bridgehead atoms. The van der Waals surface area contributed by atoms with E-state index in [1.165, 1.54) is 5.56 Å². The summed E-state index contributed by atoms with van der Waals surface area (Å²) in [5.74, 6) is 0. The van der Waals surface area contributed by atoms with Gasteiger partial charge in [-0.2, -0.15) is 0 Å². The Bertz CT molecular complexity index is 532. The van der Waals surface area contributed by atoms with Crippen LogP contribution in [0, 0.1) is 6.92 Å². The number of nitrogens with zero attached hydrogens (tertiary/aromatic N) is 1. The van der Waals surface area contributed by atoms with Crippen LogP contribution in [0.4, 0.5) is 0 Å². The molecule has 0 unspecified atom stereocenters. The van der Waals surface area contributed by atoms with Crippen LogP contribution in [-0.4, -0.2) is 5.71 Å². The Kier molecular flexibility index (Phi) is 4.13. The summed E-state index contributed by atoms with van der Waals surface area (Å²) in [4.78, 5) is 5.38. The number of hydrogen-bond donors (Lipinski definition) is 0. The Morgan fingerprint density at radius 3 is 2.39 bits per heavy atom. The monoisotopic (exact) mass is 239 g/mol. The van der Waals surface area contributed by atoms with Gasteiger partial charge in [-0.15, -0.1) is 0 Å². The second kappa shape index (κ2) is 6.01. The van der Waals surface area contributed by atoms with Crippen molar-refractivity contribution >= 4 is 5.71 Å². The molecule has 0 saturated heterocycles. The van der Waals surface area contributed by atoms with Crippen LogP contribution < -0.4 is 0 Å². The van der Waals surface area contributed by atoms with E-state index in [1.54, 1.807) is 0 Å². The Hall–Kier alpha value is -2.09. The summed E-state index contributed by atoms with van der Waals surface area (Å²) >= 11 is 0. The topological polar surface area (TPSA) is 21.6 Å². The Morgan fingerprint density at radius 1 is 1.00 bits per heavy atom. The number of aryl methyl sites for hydroxylation is 1. The minimum absolute atomic E-state index is 0.504. The van der Waals surface area contributed by atoms with Crippen molar-refractivity contribution in [1.29, 1.82) is 0 Å². The Labute approximate surface area is 108 Å². The molecule has 2 aromatic carbocycles. The van der Waals surface area contributed by atoms with Crippen molar-refractivity contribution in [2.24, 2.45) is 5.16 Å². The van der Waals surface area contributed by atoms with Gasteiger partial charge >= 0.3 is 0 Å². The van der Waals surface area contributed by atoms with E-state index >= 15 is 0 Å². The quantitative estimate of drug-likeness (QED) is 0.585. The number of rotatable bonds is 4. The van der Waals surface area contributed by atoms with Crippen LogP contribution >= 0.6 is 0 Å². The van der Waals surface area contributed by atoms with Crippen LogP contribution in [0.1, 0.15) is 23.6 Å². The summed E-state index contributed by atoms with van der Waals surface area (Å²) in [5.41, 5.74) is 4.37. The summed E-state index contributed by atoms with van der Waals surface area (Å²) < 4.78 is 0. The highest BCUT2D eigenvalue weighted by molar-refractivity contribution is 5.99. The zero-order valence-corrected chi connectivity index (χ0v) is 10.8. The first-order chi connectivity index (χ1) is 8.77. The van der Waals surface area contributed by atoms with Crippen molar-refractivity contribution in [2.45, 2.75) is 20.5 Å². The molecule has 0 saturated carbocycles. The molecular formula is C16H17NO. The molecule has 18 heavy (non-hydrogen) atoms. The lowest BCUT2D eigenvalue weighted by molar-refractivity contribution is 0.130. The number of benzene rings is 2. The van der Waals surface area contributed by atoms with E-state index in [1.807, 2.05) is 49.4 Å². The van der Waals surface area contributed by atoms with Gasteiger partial charge in [0.15, 0.2) is 0 Å². The third-order valence-electron chi connectivity index (χ3n) is 2.81.